The molecule has 1 aliphatic rings. The monoisotopic (exact) mass is 399 g/mol. The van der Waals surface area contributed by atoms with Gasteiger partial charge in [-0.05, 0) is 12.1 Å². The summed E-state index contributed by atoms with van der Waals surface area (Å²) in [5, 5.41) is 28.0. The van der Waals surface area contributed by atoms with Gasteiger partial charge in [0.15, 0.2) is 17.9 Å². The SMILES string of the molecule is N#CC1N=C(c2cnn(-c3c(Cl)cc(C(F)(F)F)cc3Cl)n2)NC1C#N. The fraction of sp³-hybridized carbons (Fsp3) is 0.214. The highest BCUT2D eigenvalue weighted by Gasteiger charge is 2.33. The van der Waals surface area contributed by atoms with Crippen LogP contribution in [0.15, 0.2) is 23.3 Å². The number of alkyl halides is 3. The zero-order valence-electron chi connectivity index (χ0n) is 12.5. The summed E-state index contributed by atoms with van der Waals surface area (Å²) in [5.74, 6) is 0.161. The normalized spacial score (nSPS) is 19.4. The molecule has 1 aromatic heterocycles. The van der Waals surface area contributed by atoms with Gasteiger partial charge in [-0.1, -0.05) is 23.2 Å². The van der Waals surface area contributed by atoms with Crippen molar-refractivity contribution in [2.45, 2.75) is 18.3 Å². The lowest BCUT2D eigenvalue weighted by molar-refractivity contribution is -0.137. The molecule has 2 heterocycles. The first-order valence-electron chi connectivity index (χ1n) is 6.87. The standard InChI is InChI=1S/C14H6Cl2F3N7/c15-7-1-6(14(17,18)19)2-8(16)12(7)26-22-5-11(25-26)13-23-9(3-20)10(4-21)24-13/h1-2,5,9-10H,(H,23,24). The van der Waals surface area contributed by atoms with Gasteiger partial charge in [0.1, 0.15) is 11.4 Å². The van der Waals surface area contributed by atoms with Gasteiger partial charge < -0.3 is 5.32 Å². The number of nitrogens with zero attached hydrogens (tertiary/aromatic N) is 6. The van der Waals surface area contributed by atoms with Crippen molar-refractivity contribution in [1.82, 2.24) is 20.3 Å². The van der Waals surface area contributed by atoms with Gasteiger partial charge in [0.2, 0.25) is 0 Å². The Morgan fingerprint density at radius 3 is 2.31 bits per heavy atom. The summed E-state index contributed by atoms with van der Waals surface area (Å²) in [5.41, 5.74) is -0.867. The summed E-state index contributed by atoms with van der Waals surface area (Å²) >= 11 is 11.8. The fourth-order valence-corrected chi connectivity index (χ4v) is 2.86. The molecule has 0 radical (unpaired) electrons. The van der Waals surface area contributed by atoms with Crippen LogP contribution in [-0.4, -0.2) is 32.9 Å². The maximum Gasteiger partial charge on any atom is 0.416 e. The summed E-state index contributed by atoms with van der Waals surface area (Å²) in [4.78, 5) is 4.97. The van der Waals surface area contributed by atoms with Crippen LogP contribution in [0.4, 0.5) is 13.2 Å². The van der Waals surface area contributed by atoms with Gasteiger partial charge in [0, 0.05) is 0 Å². The van der Waals surface area contributed by atoms with Crippen molar-refractivity contribution in [2.24, 2.45) is 4.99 Å². The third kappa shape index (κ3) is 3.17. The van der Waals surface area contributed by atoms with Crippen LogP contribution in [0.1, 0.15) is 11.3 Å². The number of aromatic nitrogens is 3. The average molecular weight is 400 g/mol. The largest absolute Gasteiger partial charge is 0.416 e. The maximum atomic E-state index is 12.8. The second-order valence-corrected chi connectivity index (χ2v) is 5.92. The van der Waals surface area contributed by atoms with E-state index in [9.17, 15) is 13.2 Å². The van der Waals surface area contributed by atoms with Crippen LogP contribution in [0, 0.1) is 22.7 Å². The zero-order chi connectivity index (χ0) is 19.1. The Kier molecular flexibility index (Phi) is 4.48. The molecule has 0 spiro atoms. The Morgan fingerprint density at radius 2 is 1.81 bits per heavy atom. The first-order chi connectivity index (χ1) is 12.2. The van der Waals surface area contributed by atoms with E-state index in [2.05, 4.69) is 20.5 Å². The van der Waals surface area contributed by atoms with Crippen LogP contribution in [0.5, 0.6) is 0 Å². The average Bonchev–Trinajstić information content (AvgIpc) is 3.19. The number of aliphatic imine (C=N–C) groups is 1. The second-order valence-electron chi connectivity index (χ2n) is 5.11. The van der Waals surface area contributed by atoms with Gasteiger partial charge in [-0.15, -0.1) is 9.90 Å². The van der Waals surface area contributed by atoms with Gasteiger partial charge >= 0.3 is 6.18 Å². The third-order valence-electron chi connectivity index (χ3n) is 3.43. The van der Waals surface area contributed by atoms with Gasteiger partial charge in [0.05, 0.1) is 33.9 Å². The molecule has 0 amide bonds. The number of hydrogen-bond donors (Lipinski definition) is 1. The van der Waals surface area contributed by atoms with E-state index in [-0.39, 0.29) is 27.3 Å². The number of nitriles is 2. The van der Waals surface area contributed by atoms with Gasteiger partial charge in [0.25, 0.3) is 0 Å². The highest BCUT2D eigenvalue weighted by molar-refractivity contribution is 6.37. The van der Waals surface area contributed by atoms with E-state index in [1.54, 1.807) is 0 Å². The molecule has 3 rings (SSSR count). The van der Waals surface area contributed by atoms with Crippen molar-refractivity contribution in [2.75, 3.05) is 0 Å². The van der Waals surface area contributed by atoms with E-state index in [1.165, 1.54) is 6.20 Å². The van der Waals surface area contributed by atoms with Crippen LogP contribution in [0.2, 0.25) is 10.0 Å². The lowest BCUT2D eigenvalue weighted by Gasteiger charge is -2.11. The molecule has 132 valence electrons. The molecule has 2 atom stereocenters. The molecule has 7 nitrogen and oxygen atoms in total. The Balaban J connectivity index is 1.97. The molecule has 2 unspecified atom stereocenters. The van der Waals surface area contributed by atoms with Crippen molar-refractivity contribution < 1.29 is 13.2 Å². The third-order valence-corrected chi connectivity index (χ3v) is 4.00. The van der Waals surface area contributed by atoms with Crippen LogP contribution >= 0.6 is 23.2 Å². The van der Waals surface area contributed by atoms with Gasteiger partial charge in [-0.3, -0.25) is 0 Å². The number of nitrogens with one attached hydrogen (secondary N) is 1. The summed E-state index contributed by atoms with van der Waals surface area (Å²) in [6, 6.07) is 3.45. The zero-order valence-corrected chi connectivity index (χ0v) is 14.0. The van der Waals surface area contributed by atoms with Crippen molar-refractivity contribution >= 4 is 29.0 Å². The van der Waals surface area contributed by atoms with Gasteiger partial charge in [-0.25, -0.2) is 4.99 Å². The van der Waals surface area contributed by atoms with Crippen molar-refractivity contribution in [3.8, 4) is 17.8 Å². The number of rotatable bonds is 2. The minimum absolute atomic E-state index is 0.0418. The minimum Gasteiger partial charge on any atom is -0.350 e. The molecule has 2 aromatic rings. The molecule has 12 heteroatoms. The molecule has 0 saturated heterocycles. The van der Waals surface area contributed by atoms with Crippen molar-refractivity contribution in [3.63, 3.8) is 0 Å². The molecular formula is C14H6Cl2F3N7. The van der Waals surface area contributed by atoms with E-state index >= 15 is 0 Å². The van der Waals surface area contributed by atoms with E-state index in [1.807, 2.05) is 12.1 Å². The Morgan fingerprint density at radius 1 is 1.15 bits per heavy atom. The van der Waals surface area contributed by atoms with E-state index in [0.29, 0.717) is 12.1 Å². The summed E-state index contributed by atoms with van der Waals surface area (Å²) in [7, 11) is 0. The summed E-state index contributed by atoms with van der Waals surface area (Å²) in [6.07, 6.45) is -3.35. The highest BCUT2D eigenvalue weighted by Crippen LogP contribution is 2.37. The Hall–Kier alpha value is -2.82. The van der Waals surface area contributed by atoms with E-state index < -0.39 is 23.8 Å². The summed E-state index contributed by atoms with van der Waals surface area (Å²) in [6.45, 7) is 0. The van der Waals surface area contributed by atoms with Crippen LogP contribution in [0.3, 0.4) is 0 Å². The van der Waals surface area contributed by atoms with Crippen molar-refractivity contribution in [3.05, 3.63) is 39.6 Å². The number of benzene rings is 1. The second kappa shape index (κ2) is 6.48. The molecule has 26 heavy (non-hydrogen) atoms. The smallest absolute Gasteiger partial charge is 0.350 e. The Bertz CT molecular complexity index is 961. The molecule has 0 aliphatic carbocycles. The van der Waals surface area contributed by atoms with Crippen LogP contribution in [-0.2, 0) is 6.18 Å². The van der Waals surface area contributed by atoms with E-state index in [0.717, 1.165) is 4.80 Å². The minimum atomic E-state index is -4.60. The number of halogens is 5. The maximum absolute atomic E-state index is 12.8. The van der Waals surface area contributed by atoms with Crippen LogP contribution in [0.25, 0.3) is 5.69 Å². The lowest BCUT2D eigenvalue weighted by Crippen LogP contribution is -2.33. The van der Waals surface area contributed by atoms with E-state index in [4.69, 9.17) is 33.7 Å². The molecule has 1 aliphatic heterocycles. The van der Waals surface area contributed by atoms with Gasteiger partial charge in [-0.2, -0.15) is 28.8 Å². The lowest BCUT2D eigenvalue weighted by atomic mass is 10.2. The molecule has 0 saturated carbocycles. The predicted molar refractivity (Wildman–Crippen MR) is 84.9 cm³/mol. The molecule has 1 aromatic carbocycles. The molecule has 0 fully saturated rings. The fourth-order valence-electron chi connectivity index (χ4n) is 2.22. The highest BCUT2D eigenvalue weighted by atomic mass is 35.5. The molecular weight excluding hydrogens is 394 g/mol. The first kappa shape index (κ1) is 18.0. The topological polar surface area (TPSA) is 103 Å². The number of hydrogen-bond acceptors (Lipinski definition) is 6. The number of amidine groups is 1. The first-order valence-corrected chi connectivity index (χ1v) is 7.63. The van der Waals surface area contributed by atoms with Crippen molar-refractivity contribution in [1.29, 1.82) is 10.5 Å². The summed E-state index contributed by atoms with van der Waals surface area (Å²) < 4.78 is 38.4. The predicted octanol–water partition coefficient (Wildman–Crippen LogP) is 2.73. The quantitative estimate of drug-likeness (QED) is 0.835. The Labute approximate surface area is 154 Å². The molecule has 1 N–H and O–H groups in total. The molecule has 0 bridgehead atoms. The van der Waals surface area contributed by atoms with Crippen LogP contribution < -0.4 is 5.32 Å².